The highest BCUT2D eigenvalue weighted by molar-refractivity contribution is 5.96. The molecule has 0 radical (unpaired) electrons. The SMILES string of the molecule is COC(=O)c1cc(NCC(C)N(C)C)c(F)cc1N. The molecule has 1 rings (SSSR count). The van der Waals surface area contributed by atoms with E-state index in [1.165, 1.54) is 13.2 Å². The number of hydrogen-bond donors (Lipinski definition) is 2. The minimum Gasteiger partial charge on any atom is -0.465 e. The van der Waals surface area contributed by atoms with Gasteiger partial charge >= 0.3 is 5.97 Å². The fourth-order valence-corrected chi connectivity index (χ4v) is 1.45. The predicted octanol–water partition coefficient (Wildman–Crippen LogP) is 1.56. The lowest BCUT2D eigenvalue weighted by Gasteiger charge is -2.21. The van der Waals surface area contributed by atoms with Gasteiger partial charge in [-0.2, -0.15) is 0 Å². The maximum atomic E-state index is 13.7. The van der Waals surface area contributed by atoms with Gasteiger partial charge in [0.25, 0.3) is 0 Å². The summed E-state index contributed by atoms with van der Waals surface area (Å²) in [5, 5.41) is 2.96. The average molecular weight is 269 g/mol. The third-order valence-corrected chi connectivity index (χ3v) is 3.01. The summed E-state index contributed by atoms with van der Waals surface area (Å²) >= 11 is 0. The highest BCUT2D eigenvalue weighted by atomic mass is 19.1. The van der Waals surface area contributed by atoms with Crippen LogP contribution in [0.5, 0.6) is 0 Å². The molecule has 0 aliphatic rings. The third kappa shape index (κ3) is 3.82. The first-order valence-electron chi connectivity index (χ1n) is 5.94. The lowest BCUT2D eigenvalue weighted by atomic mass is 10.1. The number of esters is 1. The number of nitrogens with zero attached hydrogens (tertiary/aromatic N) is 1. The number of rotatable bonds is 5. The van der Waals surface area contributed by atoms with Crippen molar-refractivity contribution in [3.8, 4) is 0 Å². The molecule has 0 aromatic heterocycles. The van der Waals surface area contributed by atoms with E-state index in [2.05, 4.69) is 10.1 Å². The van der Waals surface area contributed by atoms with E-state index in [0.717, 1.165) is 6.07 Å². The molecule has 19 heavy (non-hydrogen) atoms. The molecular weight excluding hydrogens is 249 g/mol. The maximum Gasteiger partial charge on any atom is 0.340 e. The van der Waals surface area contributed by atoms with Crippen LogP contribution < -0.4 is 11.1 Å². The first-order chi connectivity index (χ1) is 8.86. The Morgan fingerprint density at radius 3 is 2.68 bits per heavy atom. The quantitative estimate of drug-likeness (QED) is 0.627. The van der Waals surface area contributed by atoms with Crippen molar-refractivity contribution in [1.82, 2.24) is 4.90 Å². The Morgan fingerprint density at radius 1 is 1.53 bits per heavy atom. The molecule has 1 aromatic carbocycles. The van der Waals surface area contributed by atoms with Crippen molar-refractivity contribution in [3.63, 3.8) is 0 Å². The molecule has 0 bridgehead atoms. The number of hydrogen-bond acceptors (Lipinski definition) is 5. The first-order valence-corrected chi connectivity index (χ1v) is 5.94. The van der Waals surface area contributed by atoms with E-state index in [-0.39, 0.29) is 23.0 Å². The van der Waals surface area contributed by atoms with Crippen molar-refractivity contribution in [3.05, 3.63) is 23.5 Å². The fourth-order valence-electron chi connectivity index (χ4n) is 1.45. The number of nitrogens with two attached hydrogens (primary N) is 1. The molecule has 1 atom stereocenters. The Labute approximate surface area is 112 Å². The number of anilines is 2. The molecule has 0 heterocycles. The zero-order valence-corrected chi connectivity index (χ0v) is 11.7. The van der Waals surface area contributed by atoms with Gasteiger partial charge in [0, 0.05) is 18.3 Å². The Hall–Kier alpha value is -1.82. The smallest absolute Gasteiger partial charge is 0.340 e. The molecule has 1 unspecified atom stereocenters. The number of nitrogen functional groups attached to an aromatic ring is 1. The number of likely N-dealkylation sites (N-methyl/N-ethyl adjacent to an activating group) is 1. The van der Waals surface area contributed by atoms with Crippen LogP contribution in [-0.2, 0) is 4.74 Å². The van der Waals surface area contributed by atoms with Crippen LogP contribution in [0.15, 0.2) is 12.1 Å². The summed E-state index contributed by atoms with van der Waals surface area (Å²) in [5.74, 6) is -1.07. The van der Waals surface area contributed by atoms with Gasteiger partial charge in [0.15, 0.2) is 0 Å². The van der Waals surface area contributed by atoms with Crippen molar-refractivity contribution in [1.29, 1.82) is 0 Å². The number of halogens is 1. The molecule has 3 N–H and O–H groups in total. The summed E-state index contributed by atoms with van der Waals surface area (Å²) in [5.41, 5.74) is 6.05. The second kappa shape index (κ2) is 6.38. The van der Waals surface area contributed by atoms with Gasteiger partial charge in [-0.1, -0.05) is 0 Å². The lowest BCUT2D eigenvalue weighted by Crippen LogP contribution is -2.31. The van der Waals surface area contributed by atoms with E-state index >= 15 is 0 Å². The summed E-state index contributed by atoms with van der Waals surface area (Å²) in [6, 6.07) is 2.71. The van der Waals surface area contributed by atoms with Crippen molar-refractivity contribution in [2.24, 2.45) is 0 Å². The Balaban J connectivity index is 2.92. The van der Waals surface area contributed by atoms with E-state index < -0.39 is 11.8 Å². The Bertz CT molecular complexity index is 463. The zero-order valence-electron chi connectivity index (χ0n) is 11.7. The van der Waals surface area contributed by atoms with E-state index in [1.807, 2.05) is 25.9 Å². The molecule has 5 nitrogen and oxygen atoms in total. The Morgan fingerprint density at radius 2 is 2.16 bits per heavy atom. The standard InChI is InChI=1S/C13H20FN3O2/c1-8(17(2)3)7-16-12-5-9(13(18)19-4)11(15)6-10(12)14/h5-6,8,16H,7,15H2,1-4H3. The number of methoxy groups -OCH3 is 1. The summed E-state index contributed by atoms with van der Waals surface area (Å²) in [6.07, 6.45) is 0. The third-order valence-electron chi connectivity index (χ3n) is 3.01. The van der Waals surface area contributed by atoms with Crippen LogP contribution in [-0.4, -0.2) is 44.7 Å². The predicted molar refractivity (Wildman–Crippen MR) is 73.8 cm³/mol. The van der Waals surface area contributed by atoms with Crippen LogP contribution in [0.2, 0.25) is 0 Å². The monoisotopic (exact) mass is 269 g/mol. The molecule has 0 aliphatic carbocycles. The van der Waals surface area contributed by atoms with Gasteiger partial charge in [-0.25, -0.2) is 9.18 Å². The summed E-state index contributed by atoms with van der Waals surface area (Å²) < 4.78 is 18.3. The zero-order chi connectivity index (χ0) is 14.6. The van der Waals surface area contributed by atoms with Crippen LogP contribution in [0.3, 0.4) is 0 Å². The summed E-state index contributed by atoms with van der Waals surface area (Å²) in [7, 11) is 5.13. The van der Waals surface area contributed by atoms with E-state index in [9.17, 15) is 9.18 Å². The van der Waals surface area contributed by atoms with Crippen molar-refractivity contribution in [2.75, 3.05) is 38.8 Å². The molecule has 0 saturated carbocycles. The molecule has 106 valence electrons. The average Bonchev–Trinajstić information content (AvgIpc) is 2.36. The van der Waals surface area contributed by atoms with Crippen LogP contribution in [0.1, 0.15) is 17.3 Å². The first kappa shape index (κ1) is 15.2. The van der Waals surface area contributed by atoms with E-state index in [1.54, 1.807) is 0 Å². The topological polar surface area (TPSA) is 67.6 Å². The lowest BCUT2D eigenvalue weighted by molar-refractivity contribution is 0.0602. The molecule has 1 aromatic rings. The molecule has 6 heteroatoms. The van der Waals surface area contributed by atoms with E-state index in [0.29, 0.717) is 6.54 Å². The number of benzene rings is 1. The maximum absolute atomic E-state index is 13.7. The van der Waals surface area contributed by atoms with Crippen LogP contribution in [0.4, 0.5) is 15.8 Å². The minimum absolute atomic E-state index is 0.0653. The summed E-state index contributed by atoms with van der Waals surface area (Å²) in [6.45, 7) is 2.55. The molecule has 0 fully saturated rings. The largest absolute Gasteiger partial charge is 0.465 e. The highest BCUT2D eigenvalue weighted by Crippen LogP contribution is 2.23. The number of nitrogens with one attached hydrogen (secondary N) is 1. The summed E-state index contributed by atoms with van der Waals surface area (Å²) in [4.78, 5) is 13.5. The second-order valence-corrected chi connectivity index (χ2v) is 4.60. The van der Waals surface area contributed by atoms with Crippen molar-refractivity contribution in [2.45, 2.75) is 13.0 Å². The molecule has 0 saturated heterocycles. The van der Waals surface area contributed by atoms with Gasteiger partial charge in [-0.3, -0.25) is 0 Å². The normalized spacial score (nSPS) is 12.3. The molecule has 0 spiro atoms. The van der Waals surface area contributed by atoms with Gasteiger partial charge in [-0.05, 0) is 33.2 Å². The van der Waals surface area contributed by atoms with Crippen molar-refractivity contribution < 1.29 is 13.9 Å². The number of carbonyl (C=O) groups excluding carboxylic acids is 1. The van der Waals surface area contributed by atoms with Crippen molar-refractivity contribution >= 4 is 17.3 Å². The van der Waals surface area contributed by atoms with Gasteiger partial charge in [0.1, 0.15) is 5.82 Å². The number of carbonyl (C=O) groups is 1. The Kier molecular flexibility index (Phi) is 5.11. The molecule has 0 aliphatic heterocycles. The van der Waals surface area contributed by atoms with Crippen LogP contribution in [0, 0.1) is 5.82 Å². The fraction of sp³-hybridized carbons (Fsp3) is 0.462. The van der Waals surface area contributed by atoms with Gasteiger partial charge in [-0.15, -0.1) is 0 Å². The minimum atomic E-state index is -0.582. The molecule has 0 amide bonds. The van der Waals surface area contributed by atoms with Gasteiger partial charge < -0.3 is 20.7 Å². The number of ether oxygens (including phenoxy) is 1. The highest BCUT2D eigenvalue weighted by Gasteiger charge is 2.15. The van der Waals surface area contributed by atoms with Crippen LogP contribution in [0.25, 0.3) is 0 Å². The second-order valence-electron chi connectivity index (χ2n) is 4.60. The van der Waals surface area contributed by atoms with Crippen LogP contribution >= 0.6 is 0 Å². The van der Waals surface area contributed by atoms with Gasteiger partial charge in [0.05, 0.1) is 18.4 Å². The van der Waals surface area contributed by atoms with Gasteiger partial charge in [0.2, 0.25) is 0 Å². The van der Waals surface area contributed by atoms with E-state index in [4.69, 9.17) is 5.73 Å². The molecular formula is C13H20FN3O2.